The summed E-state index contributed by atoms with van der Waals surface area (Å²) in [6.45, 7) is 6.48. The Morgan fingerprint density at radius 1 is 1.39 bits per heavy atom. The van der Waals surface area contributed by atoms with Gasteiger partial charge >= 0.3 is 0 Å². The van der Waals surface area contributed by atoms with E-state index in [1.165, 1.54) is 12.1 Å². The maximum atomic E-state index is 13.3. The van der Waals surface area contributed by atoms with Gasteiger partial charge in [0.25, 0.3) is 0 Å². The summed E-state index contributed by atoms with van der Waals surface area (Å²) >= 11 is 5.02. The van der Waals surface area contributed by atoms with Crippen molar-refractivity contribution in [1.29, 1.82) is 0 Å². The zero-order valence-electron chi connectivity index (χ0n) is 10.8. The van der Waals surface area contributed by atoms with Gasteiger partial charge in [-0.15, -0.1) is 0 Å². The quantitative estimate of drug-likeness (QED) is 0.835. The second-order valence-corrected chi connectivity index (χ2v) is 5.65. The monoisotopic (exact) mass is 266 g/mol. The molecule has 0 spiro atoms. The number of hydrogen-bond donors (Lipinski definition) is 1. The molecule has 0 aromatic heterocycles. The van der Waals surface area contributed by atoms with E-state index in [1.54, 1.807) is 6.07 Å². The van der Waals surface area contributed by atoms with Gasteiger partial charge in [-0.1, -0.05) is 26.1 Å². The molecule has 2 N–H and O–H groups in total. The average Bonchev–Trinajstić information content (AvgIpc) is 2.32. The number of nitrogens with two attached hydrogens (primary N) is 1. The largest absolute Gasteiger partial charge is 0.389 e. The summed E-state index contributed by atoms with van der Waals surface area (Å²) in [6.07, 6.45) is 1.15. The molecule has 2 rings (SSSR count). The minimum Gasteiger partial charge on any atom is -0.389 e. The van der Waals surface area contributed by atoms with Gasteiger partial charge in [0.05, 0.1) is 0 Å². The van der Waals surface area contributed by atoms with Gasteiger partial charge in [0.1, 0.15) is 10.8 Å². The molecule has 18 heavy (non-hydrogen) atoms. The normalized spacial score (nSPS) is 24.1. The Balaban J connectivity index is 2.30. The molecule has 1 aromatic carbocycles. The highest BCUT2D eigenvalue weighted by atomic mass is 32.1. The van der Waals surface area contributed by atoms with E-state index >= 15 is 0 Å². The standard InChI is InChI=1S/C14H19FN2S/c1-9-5-6-17(8-10(9)2)13-4-3-11(15)7-12(13)14(16)18/h3-4,7,9-10H,5-6,8H2,1-2H3,(H2,16,18). The summed E-state index contributed by atoms with van der Waals surface area (Å²) in [5.74, 6) is 1.07. The molecule has 1 aromatic rings. The summed E-state index contributed by atoms with van der Waals surface area (Å²) in [5.41, 5.74) is 7.30. The third-order valence-corrected chi connectivity index (χ3v) is 4.12. The number of piperidine rings is 1. The predicted octanol–water partition coefficient (Wildman–Crippen LogP) is 2.94. The van der Waals surface area contributed by atoms with Crippen molar-refractivity contribution in [3.05, 3.63) is 29.6 Å². The highest BCUT2D eigenvalue weighted by Crippen LogP contribution is 2.29. The van der Waals surface area contributed by atoms with Crippen molar-refractivity contribution >= 4 is 22.9 Å². The van der Waals surface area contributed by atoms with Crippen LogP contribution in [0, 0.1) is 17.7 Å². The molecule has 1 aliphatic heterocycles. The zero-order chi connectivity index (χ0) is 13.3. The van der Waals surface area contributed by atoms with Crippen molar-refractivity contribution in [3.8, 4) is 0 Å². The van der Waals surface area contributed by atoms with Crippen LogP contribution in [0.1, 0.15) is 25.8 Å². The number of benzene rings is 1. The molecular weight excluding hydrogens is 247 g/mol. The van der Waals surface area contributed by atoms with E-state index in [-0.39, 0.29) is 10.8 Å². The van der Waals surface area contributed by atoms with Gasteiger partial charge in [-0.3, -0.25) is 0 Å². The lowest BCUT2D eigenvalue weighted by Gasteiger charge is -2.37. The van der Waals surface area contributed by atoms with Crippen LogP contribution in [0.4, 0.5) is 10.1 Å². The maximum Gasteiger partial charge on any atom is 0.124 e. The summed E-state index contributed by atoms with van der Waals surface area (Å²) in [4.78, 5) is 2.52. The van der Waals surface area contributed by atoms with Crippen LogP contribution in [0.15, 0.2) is 18.2 Å². The fraction of sp³-hybridized carbons (Fsp3) is 0.500. The molecule has 0 amide bonds. The molecule has 0 saturated carbocycles. The van der Waals surface area contributed by atoms with Crippen molar-refractivity contribution in [1.82, 2.24) is 0 Å². The van der Waals surface area contributed by atoms with Crippen LogP contribution in [-0.2, 0) is 0 Å². The van der Waals surface area contributed by atoms with Crippen LogP contribution >= 0.6 is 12.2 Å². The van der Waals surface area contributed by atoms with Gasteiger partial charge in [0, 0.05) is 24.3 Å². The molecule has 2 nitrogen and oxygen atoms in total. The average molecular weight is 266 g/mol. The fourth-order valence-corrected chi connectivity index (χ4v) is 2.63. The Kier molecular flexibility index (Phi) is 3.85. The van der Waals surface area contributed by atoms with Gasteiger partial charge in [0.15, 0.2) is 0 Å². The van der Waals surface area contributed by atoms with E-state index in [1.807, 2.05) is 0 Å². The van der Waals surface area contributed by atoms with Crippen LogP contribution in [0.3, 0.4) is 0 Å². The van der Waals surface area contributed by atoms with E-state index < -0.39 is 0 Å². The van der Waals surface area contributed by atoms with Crippen molar-refractivity contribution in [2.75, 3.05) is 18.0 Å². The Morgan fingerprint density at radius 2 is 2.11 bits per heavy atom. The van der Waals surface area contributed by atoms with Crippen LogP contribution in [0.2, 0.25) is 0 Å². The summed E-state index contributed by atoms with van der Waals surface area (Å²) in [5, 5.41) is 0. The van der Waals surface area contributed by atoms with Gasteiger partial charge in [-0.2, -0.15) is 0 Å². The van der Waals surface area contributed by atoms with Gasteiger partial charge in [0.2, 0.25) is 0 Å². The molecule has 2 atom stereocenters. The zero-order valence-corrected chi connectivity index (χ0v) is 11.6. The number of anilines is 1. The van der Waals surface area contributed by atoms with E-state index in [9.17, 15) is 4.39 Å². The third-order valence-electron chi connectivity index (χ3n) is 3.90. The van der Waals surface area contributed by atoms with Gasteiger partial charge in [-0.25, -0.2) is 4.39 Å². The summed E-state index contributed by atoms with van der Waals surface area (Å²) < 4.78 is 13.3. The highest BCUT2D eigenvalue weighted by Gasteiger charge is 2.24. The van der Waals surface area contributed by atoms with Crippen molar-refractivity contribution < 1.29 is 4.39 Å². The van der Waals surface area contributed by atoms with E-state index in [2.05, 4.69) is 18.7 Å². The van der Waals surface area contributed by atoms with Crippen molar-refractivity contribution in [2.45, 2.75) is 20.3 Å². The van der Waals surface area contributed by atoms with Gasteiger partial charge in [-0.05, 0) is 36.5 Å². The number of halogens is 1. The minimum absolute atomic E-state index is 0.260. The lowest BCUT2D eigenvalue weighted by atomic mass is 9.88. The van der Waals surface area contributed by atoms with Crippen LogP contribution in [0.25, 0.3) is 0 Å². The Morgan fingerprint density at radius 3 is 2.72 bits per heavy atom. The molecule has 2 unspecified atom stereocenters. The molecule has 1 fully saturated rings. The van der Waals surface area contributed by atoms with Crippen LogP contribution in [0.5, 0.6) is 0 Å². The molecule has 0 bridgehead atoms. The first-order chi connectivity index (χ1) is 8.49. The number of nitrogens with zero attached hydrogens (tertiary/aromatic N) is 1. The molecule has 1 aliphatic rings. The summed E-state index contributed by atoms with van der Waals surface area (Å²) in [6, 6.07) is 4.69. The Bertz CT molecular complexity index is 461. The first kappa shape index (κ1) is 13.3. The molecule has 1 heterocycles. The number of thiocarbonyl (C=S) groups is 1. The molecule has 4 heteroatoms. The predicted molar refractivity (Wildman–Crippen MR) is 77.4 cm³/mol. The summed E-state index contributed by atoms with van der Waals surface area (Å²) in [7, 11) is 0. The SMILES string of the molecule is CC1CCN(c2ccc(F)cc2C(N)=S)CC1C. The van der Waals surface area contributed by atoms with Crippen LogP contribution in [-0.4, -0.2) is 18.1 Å². The fourth-order valence-electron chi connectivity index (χ4n) is 2.46. The minimum atomic E-state index is -0.292. The highest BCUT2D eigenvalue weighted by molar-refractivity contribution is 7.80. The van der Waals surface area contributed by atoms with Crippen LogP contribution < -0.4 is 10.6 Å². The maximum absolute atomic E-state index is 13.3. The van der Waals surface area contributed by atoms with E-state index in [0.717, 1.165) is 31.1 Å². The number of hydrogen-bond acceptors (Lipinski definition) is 2. The van der Waals surface area contributed by atoms with Gasteiger partial charge < -0.3 is 10.6 Å². The molecule has 1 saturated heterocycles. The van der Waals surface area contributed by atoms with E-state index in [0.29, 0.717) is 11.5 Å². The first-order valence-corrected chi connectivity index (χ1v) is 6.74. The smallest absolute Gasteiger partial charge is 0.124 e. The molecule has 98 valence electrons. The second-order valence-electron chi connectivity index (χ2n) is 5.21. The third kappa shape index (κ3) is 2.64. The molecule has 0 radical (unpaired) electrons. The molecular formula is C14H19FN2S. The van der Waals surface area contributed by atoms with Crippen molar-refractivity contribution in [3.63, 3.8) is 0 Å². The topological polar surface area (TPSA) is 29.3 Å². The Hall–Kier alpha value is -1.16. The Labute approximate surface area is 113 Å². The second kappa shape index (κ2) is 5.22. The first-order valence-electron chi connectivity index (χ1n) is 6.33. The van der Waals surface area contributed by atoms with E-state index in [4.69, 9.17) is 18.0 Å². The lowest BCUT2D eigenvalue weighted by molar-refractivity contribution is 0.324. The number of rotatable bonds is 2. The molecule has 0 aliphatic carbocycles. The van der Waals surface area contributed by atoms with Crippen molar-refractivity contribution in [2.24, 2.45) is 17.6 Å². The lowest BCUT2D eigenvalue weighted by Crippen LogP contribution is -2.39.